The number of fused-ring (bicyclic) bond motifs is 5. The van der Waals surface area contributed by atoms with Crippen molar-refractivity contribution in [2.45, 2.75) is 84.3 Å². The lowest BCUT2D eigenvalue weighted by molar-refractivity contribution is -0.148. The Morgan fingerprint density at radius 1 is 1.19 bits per heavy atom. The maximum atomic E-state index is 13.7. The van der Waals surface area contributed by atoms with Crippen LogP contribution in [0.1, 0.15) is 83.0 Å². The zero-order valence-electron chi connectivity index (χ0n) is 19.6. The van der Waals surface area contributed by atoms with Crippen molar-refractivity contribution in [1.82, 2.24) is 4.98 Å². The number of hydrogen-bond acceptors (Lipinski definition) is 5. The van der Waals surface area contributed by atoms with Crippen molar-refractivity contribution >= 4 is 11.8 Å². The number of Topliss-reactive ketones (excluding diaryl/α,β-unsaturated/α-hetero) is 1. The predicted molar refractivity (Wildman–Crippen MR) is 123 cm³/mol. The van der Waals surface area contributed by atoms with Crippen LogP contribution in [0.4, 0.5) is 0 Å². The Bertz CT molecular complexity index is 971. The van der Waals surface area contributed by atoms with Gasteiger partial charge in [-0.25, -0.2) is 0 Å². The van der Waals surface area contributed by atoms with Crippen molar-refractivity contribution in [3.05, 3.63) is 41.2 Å². The van der Waals surface area contributed by atoms with E-state index in [0.717, 1.165) is 56.3 Å². The van der Waals surface area contributed by atoms with Gasteiger partial charge in [-0.15, -0.1) is 0 Å². The molecule has 1 unspecified atom stereocenters. The molecule has 1 heterocycles. The van der Waals surface area contributed by atoms with Gasteiger partial charge in [0.15, 0.2) is 0 Å². The Morgan fingerprint density at radius 3 is 2.72 bits per heavy atom. The molecule has 0 amide bonds. The highest BCUT2D eigenvalue weighted by molar-refractivity contribution is 5.93. The maximum absolute atomic E-state index is 13.7. The summed E-state index contributed by atoms with van der Waals surface area (Å²) < 4.78 is 5.56. The molecule has 4 aliphatic rings. The average molecular weight is 437 g/mol. The number of hydrogen-bond donors (Lipinski definition) is 1. The molecule has 0 spiro atoms. The minimum atomic E-state index is -0.247. The van der Waals surface area contributed by atoms with Crippen molar-refractivity contribution in [2.75, 3.05) is 0 Å². The van der Waals surface area contributed by atoms with Gasteiger partial charge in [-0.2, -0.15) is 0 Å². The highest BCUT2D eigenvalue weighted by Gasteiger charge is 2.61. The van der Waals surface area contributed by atoms with Crippen LogP contribution in [0.5, 0.6) is 0 Å². The van der Waals surface area contributed by atoms with Gasteiger partial charge in [-0.3, -0.25) is 14.6 Å². The van der Waals surface area contributed by atoms with E-state index in [1.165, 1.54) is 12.5 Å². The molecule has 3 fully saturated rings. The lowest BCUT2D eigenvalue weighted by atomic mass is 9.48. The third-order valence-electron chi connectivity index (χ3n) is 9.54. The number of nitrogens with zero attached hydrogens (tertiary/aromatic N) is 1. The first-order chi connectivity index (χ1) is 15.3. The highest BCUT2D eigenvalue weighted by Crippen LogP contribution is 2.65. The van der Waals surface area contributed by atoms with Gasteiger partial charge in [-0.05, 0) is 73.8 Å². The van der Waals surface area contributed by atoms with E-state index in [2.05, 4.69) is 19.9 Å². The lowest BCUT2D eigenvalue weighted by Crippen LogP contribution is -2.50. The zero-order chi connectivity index (χ0) is 22.7. The number of pyridine rings is 1. The van der Waals surface area contributed by atoms with Gasteiger partial charge in [0.2, 0.25) is 0 Å². The van der Waals surface area contributed by atoms with Crippen molar-refractivity contribution in [1.29, 1.82) is 0 Å². The molecular weight excluding hydrogens is 400 g/mol. The van der Waals surface area contributed by atoms with Gasteiger partial charge in [0.1, 0.15) is 11.9 Å². The van der Waals surface area contributed by atoms with Crippen LogP contribution in [0.2, 0.25) is 0 Å². The SMILES string of the molecule is CC(=O)O[C@H]1CC[C@@]2(C)C(=CC[C@@H]3[C@@H]2CC[C@]2(C)C(=O)C(c4cccc(CN)n4)C[C@@H]32)C1. The fourth-order valence-electron chi connectivity index (χ4n) is 7.84. The quantitative estimate of drug-likeness (QED) is 0.549. The molecule has 1 aromatic heterocycles. The summed E-state index contributed by atoms with van der Waals surface area (Å²) in [6.07, 6.45) is 9.38. The standard InChI is InChI=1S/C27H36N2O3/c1-16(30)32-19-9-11-26(2)17(13-19)7-8-20-22(26)10-12-27(3)23(20)14-21(25(27)31)24-6-4-5-18(15-28)29-24/h4-7,19-23H,8-15,28H2,1-3H3/t19-,20+,21?,22-,23-,26-,27-/m0/s1. The maximum Gasteiger partial charge on any atom is 0.302 e. The smallest absolute Gasteiger partial charge is 0.302 e. The minimum Gasteiger partial charge on any atom is -0.462 e. The van der Waals surface area contributed by atoms with Gasteiger partial charge in [-0.1, -0.05) is 31.6 Å². The first-order valence-electron chi connectivity index (χ1n) is 12.3. The monoisotopic (exact) mass is 436 g/mol. The molecule has 172 valence electrons. The first kappa shape index (κ1) is 21.8. The van der Waals surface area contributed by atoms with Gasteiger partial charge in [0, 0.05) is 25.3 Å². The molecule has 2 N–H and O–H groups in total. The number of allylic oxidation sites excluding steroid dienone is 1. The number of ether oxygens (including phenoxy) is 1. The van der Waals surface area contributed by atoms with Crippen LogP contribution in [-0.4, -0.2) is 22.8 Å². The van der Waals surface area contributed by atoms with E-state index in [1.807, 2.05) is 18.2 Å². The second-order valence-electron chi connectivity index (χ2n) is 11.1. The van der Waals surface area contributed by atoms with Crippen LogP contribution in [0.3, 0.4) is 0 Å². The van der Waals surface area contributed by atoms with Crippen LogP contribution in [0.15, 0.2) is 29.8 Å². The van der Waals surface area contributed by atoms with E-state index >= 15 is 0 Å². The molecule has 0 saturated heterocycles. The van der Waals surface area contributed by atoms with Crippen molar-refractivity contribution < 1.29 is 14.3 Å². The summed E-state index contributed by atoms with van der Waals surface area (Å²) in [5.41, 5.74) is 8.98. The van der Waals surface area contributed by atoms with E-state index in [9.17, 15) is 9.59 Å². The van der Waals surface area contributed by atoms with Crippen molar-refractivity contribution in [3.63, 3.8) is 0 Å². The van der Waals surface area contributed by atoms with Gasteiger partial charge >= 0.3 is 5.97 Å². The number of carbonyl (C=O) groups is 2. The van der Waals surface area contributed by atoms with Crippen LogP contribution >= 0.6 is 0 Å². The van der Waals surface area contributed by atoms with Gasteiger partial charge < -0.3 is 10.5 Å². The first-order valence-corrected chi connectivity index (χ1v) is 12.3. The largest absolute Gasteiger partial charge is 0.462 e. The molecule has 5 nitrogen and oxygen atoms in total. The topological polar surface area (TPSA) is 82.3 Å². The summed E-state index contributed by atoms with van der Waals surface area (Å²) in [5.74, 6) is 1.66. The Hall–Kier alpha value is -2.01. The van der Waals surface area contributed by atoms with Crippen LogP contribution in [-0.2, 0) is 20.9 Å². The number of aromatic nitrogens is 1. The fraction of sp³-hybridized carbons (Fsp3) is 0.667. The van der Waals surface area contributed by atoms with Crippen LogP contribution < -0.4 is 5.73 Å². The number of rotatable bonds is 3. The van der Waals surface area contributed by atoms with E-state index in [4.69, 9.17) is 15.5 Å². The van der Waals surface area contributed by atoms with Crippen LogP contribution in [0.25, 0.3) is 0 Å². The molecule has 5 heteroatoms. The minimum absolute atomic E-state index is 0.0237. The van der Waals surface area contributed by atoms with Gasteiger partial charge in [0.05, 0.1) is 17.3 Å². The molecule has 3 saturated carbocycles. The van der Waals surface area contributed by atoms with Crippen LogP contribution in [0, 0.1) is 28.6 Å². The molecule has 5 rings (SSSR count). The molecule has 0 radical (unpaired) electrons. The molecule has 1 aromatic rings. The number of nitrogens with two attached hydrogens (primary N) is 1. The summed E-state index contributed by atoms with van der Waals surface area (Å²) >= 11 is 0. The van der Waals surface area contributed by atoms with Gasteiger partial charge in [0.25, 0.3) is 0 Å². The fourth-order valence-corrected chi connectivity index (χ4v) is 7.84. The second kappa shape index (κ2) is 7.79. The molecule has 7 atom stereocenters. The molecule has 4 aliphatic carbocycles. The third kappa shape index (κ3) is 3.27. The summed E-state index contributed by atoms with van der Waals surface area (Å²) in [4.78, 5) is 29.9. The van der Waals surface area contributed by atoms with Crippen molar-refractivity contribution in [2.24, 2.45) is 34.3 Å². The third-order valence-corrected chi connectivity index (χ3v) is 9.54. The summed E-state index contributed by atoms with van der Waals surface area (Å²) in [7, 11) is 0. The summed E-state index contributed by atoms with van der Waals surface area (Å²) in [6.45, 7) is 6.57. The molecule has 0 bridgehead atoms. The molecule has 32 heavy (non-hydrogen) atoms. The molecule has 0 aromatic carbocycles. The average Bonchev–Trinajstić information content (AvgIpc) is 3.05. The Balaban J connectivity index is 1.42. The van der Waals surface area contributed by atoms with E-state index in [0.29, 0.717) is 30.1 Å². The molecular formula is C27H36N2O3. The summed E-state index contributed by atoms with van der Waals surface area (Å²) in [6, 6.07) is 5.94. The number of ketones is 1. The Morgan fingerprint density at radius 2 is 1.97 bits per heavy atom. The summed E-state index contributed by atoms with van der Waals surface area (Å²) in [5, 5.41) is 0. The molecule has 0 aliphatic heterocycles. The number of esters is 1. The lowest BCUT2D eigenvalue weighted by Gasteiger charge is -2.56. The van der Waals surface area contributed by atoms with E-state index < -0.39 is 0 Å². The van der Waals surface area contributed by atoms with Crippen molar-refractivity contribution in [3.8, 4) is 0 Å². The Labute approximate surface area is 191 Å². The Kier molecular flexibility index (Phi) is 5.31. The second-order valence-corrected chi connectivity index (χ2v) is 11.1. The zero-order valence-corrected chi connectivity index (χ0v) is 19.6. The normalized spacial score (nSPS) is 40.7. The van der Waals surface area contributed by atoms with E-state index in [1.54, 1.807) is 0 Å². The highest BCUT2D eigenvalue weighted by atomic mass is 16.5. The number of carbonyl (C=O) groups excluding carboxylic acids is 2. The van der Waals surface area contributed by atoms with E-state index in [-0.39, 0.29) is 28.8 Å². The predicted octanol–water partition coefficient (Wildman–Crippen LogP) is 4.70.